The second-order valence-electron chi connectivity index (χ2n) is 5.28. The molecule has 1 aromatic rings. The molecule has 128 valence electrons. The summed E-state index contributed by atoms with van der Waals surface area (Å²) in [5, 5.41) is 2.87. The van der Waals surface area contributed by atoms with Crippen LogP contribution in [0.4, 0.5) is 5.69 Å². The summed E-state index contributed by atoms with van der Waals surface area (Å²) in [6, 6.07) is 9.09. The molecule has 0 spiro atoms. The van der Waals surface area contributed by atoms with Crippen LogP contribution in [0.3, 0.4) is 0 Å². The van der Waals surface area contributed by atoms with Crippen molar-refractivity contribution in [2.45, 2.75) is 12.8 Å². The van der Waals surface area contributed by atoms with Gasteiger partial charge in [-0.3, -0.25) is 9.59 Å². The first-order valence-electron chi connectivity index (χ1n) is 7.36. The van der Waals surface area contributed by atoms with Crippen molar-refractivity contribution in [2.24, 2.45) is 11.8 Å². The van der Waals surface area contributed by atoms with Gasteiger partial charge in [-0.2, -0.15) is 0 Å². The molecule has 1 aliphatic rings. The van der Waals surface area contributed by atoms with Gasteiger partial charge in [0.1, 0.15) is 11.1 Å². The average Bonchev–Trinajstić information content (AvgIpc) is 2.60. The van der Waals surface area contributed by atoms with Crippen molar-refractivity contribution in [2.75, 3.05) is 11.9 Å². The van der Waals surface area contributed by atoms with Gasteiger partial charge in [0, 0.05) is 5.69 Å². The zero-order chi connectivity index (χ0) is 17.5. The van der Waals surface area contributed by atoms with Crippen LogP contribution >= 0.6 is 34.8 Å². The Morgan fingerprint density at radius 1 is 1.04 bits per heavy atom. The summed E-state index contributed by atoms with van der Waals surface area (Å²) in [6.45, 7) is -0.212. The lowest BCUT2D eigenvalue weighted by atomic mass is 9.82. The molecule has 1 aromatic carbocycles. The molecule has 0 heterocycles. The fraction of sp³-hybridized carbons (Fsp3) is 0.294. The predicted molar refractivity (Wildman–Crippen MR) is 96.0 cm³/mol. The number of carbonyl (C=O) groups is 2. The van der Waals surface area contributed by atoms with E-state index in [9.17, 15) is 9.59 Å². The standard InChI is InChI=1S/C17H16Cl3NO3/c18-14(15(19)20)10-24-17(23)13-9-5-4-8-12(13)16(22)21-11-6-2-1-3-7-11/h1-7,12-13H,8-10H2,(H,21,22). The molecule has 0 bridgehead atoms. The van der Waals surface area contributed by atoms with Gasteiger partial charge in [-0.1, -0.05) is 65.2 Å². The molecule has 7 heteroatoms. The maximum absolute atomic E-state index is 12.5. The Balaban J connectivity index is 2.02. The summed E-state index contributed by atoms with van der Waals surface area (Å²) >= 11 is 16.8. The number of halogens is 3. The topological polar surface area (TPSA) is 55.4 Å². The van der Waals surface area contributed by atoms with E-state index in [-0.39, 0.29) is 22.0 Å². The summed E-state index contributed by atoms with van der Waals surface area (Å²) in [6.07, 6.45) is 4.66. The summed E-state index contributed by atoms with van der Waals surface area (Å²) in [5.74, 6) is -1.79. The monoisotopic (exact) mass is 387 g/mol. The van der Waals surface area contributed by atoms with Crippen molar-refractivity contribution < 1.29 is 14.3 Å². The van der Waals surface area contributed by atoms with Crippen LogP contribution < -0.4 is 5.32 Å². The highest BCUT2D eigenvalue weighted by molar-refractivity contribution is 6.59. The number of hydrogen-bond acceptors (Lipinski definition) is 3. The molecule has 24 heavy (non-hydrogen) atoms. The minimum absolute atomic E-state index is 0.0447. The van der Waals surface area contributed by atoms with Crippen LogP contribution in [0.2, 0.25) is 0 Å². The van der Waals surface area contributed by atoms with Gasteiger partial charge in [-0.05, 0) is 25.0 Å². The third-order valence-corrected chi connectivity index (χ3v) is 4.61. The van der Waals surface area contributed by atoms with Gasteiger partial charge in [0.25, 0.3) is 0 Å². The number of carbonyl (C=O) groups excluding carboxylic acids is 2. The third-order valence-electron chi connectivity index (χ3n) is 3.66. The van der Waals surface area contributed by atoms with Crippen molar-refractivity contribution in [1.29, 1.82) is 0 Å². The molecule has 2 atom stereocenters. The Bertz CT molecular complexity index is 654. The molecule has 0 fully saturated rings. The Morgan fingerprint density at radius 3 is 2.29 bits per heavy atom. The lowest BCUT2D eigenvalue weighted by molar-refractivity contribution is -0.151. The Labute approximate surface area is 155 Å². The molecular formula is C17H16Cl3NO3. The molecule has 1 amide bonds. The first-order chi connectivity index (χ1) is 11.5. The van der Waals surface area contributed by atoms with E-state index in [0.717, 1.165) is 0 Å². The van der Waals surface area contributed by atoms with E-state index in [1.54, 1.807) is 12.1 Å². The molecular weight excluding hydrogens is 373 g/mol. The second-order valence-corrected chi connectivity index (χ2v) is 6.69. The van der Waals surface area contributed by atoms with Crippen molar-refractivity contribution >= 4 is 52.4 Å². The number of benzene rings is 1. The van der Waals surface area contributed by atoms with Crippen LogP contribution in [-0.2, 0) is 14.3 Å². The van der Waals surface area contributed by atoms with Gasteiger partial charge in [-0.25, -0.2) is 0 Å². The SMILES string of the molecule is O=C(Nc1ccccc1)C1CC=CCC1C(=O)OCC(Cl)=C(Cl)Cl. The maximum atomic E-state index is 12.5. The van der Waals surface area contributed by atoms with Crippen molar-refractivity contribution in [3.05, 3.63) is 52.0 Å². The minimum atomic E-state index is -0.572. The molecule has 1 N–H and O–H groups in total. The molecule has 0 radical (unpaired) electrons. The van der Waals surface area contributed by atoms with E-state index >= 15 is 0 Å². The highest BCUT2D eigenvalue weighted by atomic mass is 35.5. The van der Waals surface area contributed by atoms with E-state index in [4.69, 9.17) is 39.5 Å². The van der Waals surface area contributed by atoms with Gasteiger partial charge in [0.2, 0.25) is 5.91 Å². The van der Waals surface area contributed by atoms with Crippen LogP contribution in [-0.4, -0.2) is 18.5 Å². The van der Waals surface area contributed by atoms with Crippen LogP contribution in [0, 0.1) is 11.8 Å². The molecule has 0 aromatic heterocycles. The number of amides is 1. The molecule has 2 unspecified atom stereocenters. The van der Waals surface area contributed by atoms with Gasteiger partial charge < -0.3 is 10.1 Å². The quantitative estimate of drug-likeness (QED) is 0.591. The third kappa shape index (κ3) is 5.26. The van der Waals surface area contributed by atoms with Gasteiger partial charge in [0.05, 0.1) is 16.9 Å². The fourth-order valence-corrected chi connectivity index (χ4v) is 2.58. The van der Waals surface area contributed by atoms with Crippen LogP contribution in [0.5, 0.6) is 0 Å². The zero-order valence-electron chi connectivity index (χ0n) is 12.7. The Morgan fingerprint density at radius 2 is 1.67 bits per heavy atom. The normalized spacial score (nSPS) is 19.5. The number of rotatable bonds is 5. The summed E-state index contributed by atoms with van der Waals surface area (Å²) < 4.78 is 4.98. The first kappa shape index (κ1) is 18.8. The number of hydrogen-bond donors (Lipinski definition) is 1. The summed E-state index contributed by atoms with van der Waals surface area (Å²) in [4.78, 5) is 24.8. The molecule has 4 nitrogen and oxygen atoms in total. The first-order valence-corrected chi connectivity index (χ1v) is 8.49. The van der Waals surface area contributed by atoms with Gasteiger partial charge in [0.15, 0.2) is 0 Å². The largest absolute Gasteiger partial charge is 0.460 e. The number of esters is 1. The van der Waals surface area contributed by atoms with Crippen LogP contribution in [0.1, 0.15) is 12.8 Å². The maximum Gasteiger partial charge on any atom is 0.310 e. The van der Waals surface area contributed by atoms with E-state index in [1.165, 1.54) is 0 Å². The summed E-state index contributed by atoms with van der Waals surface area (Å²) in [5.41, 5.74) is 0.684. The highest BCUT2D eigenvalue weighted by Crippen LogP contribution is 2.29. The Hall–Kier alpha value is -1.49. The van der Waals surface area contributed by atoms with E-state index < -0.39 is 17.8 Å². The van der Waals surface area contributed by atoms with E-state index in [0.29, 0.717) is 18.5 Å². The molecule has 0 saturated carbocycles. The minimum Gasteiger partial charge on any atom is -0.460 e. The fourth-order valence-electron chi connectivity index (χ4n) is 2.42. The number of ether oxygens (including phenoxy) is 1. The Kier molecular flexibility index (Phi) is 7.16. The van der Waals surface area contributed by atoms with Crippen molar-refractivity contribution in [1.82, 2.24) is 0 Å². The summed E-state index contributed by atoms with van der Waals surface area (Å²) in [7, 11) is 0. The highest BCUT2D eigenvalue weighted by Gasteiger charge is 2.35. The van der Waals surface area contributed by atoms with Crippen molar-refractivity contribution in [3.8, 4) is 0 Å². The molecule has 0 saturated heterocycles. The predicted octanol–water partition coefficient (Wildman–Crippen LogP) is 4.64. The van der Waals surface area contributed by atoms with E-state index in [1.807, 2.05) is 30.4 Å². The number of nitrogens with one attached hydrogen (secondary N) is 1. The number of allylic oxidation sites excluding steroid dienone is 2. The van der Waals surface area contributed by atoms with Crippen LogP contribution in [0.25, 0.3) is 0 Å². The zero-order valence-corrected chi connectivity index (χ0v) is 14.9. The van der Waals surface area contributed by atoms with Crippen molar-refractivity contribution in [3.63, 3.8) is 0 Å². The second kappa shape index (κ2) is 9.11. The number of para-hydroxylation sites is 1. The molecule has 2 rings (SSSR count). The smallest absolute Gasteiger partial charge is 0.310 e. The van der Waals surface area contributed by atoms with E-state index in [2.05, 4.69) is 5.32 Å². The van der Waals surface area contributed by atoms with Gasteiger partial charge >= 0.3 is 5.97 Å². The van der Waals surface area contributed by atoms with Gasteiger partial charge in [-0.15, -0.1) is 0 Å². The average molecular weight is 389 g/mol. The molecule has 1 aliphatic carbocycles. The molecule has 0 aliphatic heterocycles. The number of anilines is 1. The van der Waals surface area contributed by atoms with Crippen LogP contribution in [0.15, 0.2) is 52.0 Å². The lowest BCUT2D eigenvalue weighted by Crippen LogP contribution is -2.36. The lowest BCUT2D eigenvalue weighted by Gasteiger charge is -2.26.